The predicted octanol–water partition coefficient (Wildman–Crippen LogP) is 2.07. The summed E-state index contributed by atoms with van der Waals surface area (Å²) in [4.78, 5) is 13.6. The highest BCUT2D eigenvalue weighted by Gasteiger charge is 2.43. The Morgan fingerprint density at radius 2 is 2.28 bits per heavy atom. The van der Waals surface area contributed by atoms with Crippen molar-refractivity contribution in [2.24, 2.45) is 5.92 Å². The van der Waals surface area contributed by atoms with E-state index in [1.807, 2.05) is 17.0 Å². The summed E-state index contributed by atoms with van der Waals surface area (Å²) in [5, 5.41) is 9.61. The first-order valence-electron chi connectivity index (χ1n) is 6.56. The van der Waals surface area contributed by atoms with Crippen molar-refractivity contribution in [3.05, 3.63) is 29.3 Å². The number of carbonyl (C=O) groups is 1. The van der Waals surface area contributed by atoms with Gasteiger partial charge in [-0.25, -0.2) is 0 Å². The third-order valence-electron chi connectivity index (χ3n) is 4.45. The van der Waals surface area contributed by atoms with Crippen LogP contribution in [-0.2, 0) is 16.6 Å². The lowest BCUT2D eigenvalue weighted by Crippen LogP contribution is -2.52. The SMILES string of the molecule is CC(=O)N1C[C@@H]2Cc3cc(O)ccc3[C@@](C)(C2)C1. The molecule has 1 heterocycles. The van der Waals surface area contributed by atoms with Gasteiger partial charge < -0.3 is 10.0 Å². The van der Waals surface area contributed by atoms with Crippen LogP contribution in [0.25, 0.3) is 0 Å². The number of piperidine rings is 1. The van der Waals surface area contributed by atoms with Gasteiger partial charge in [0.2, 0.25) is 5.91 Å². The minimum Gasteiger partial charge on any atom is -0.508 e. The van der Waals surface area contributed by atoms with Gasteiger partial charge in [0.05, 0.1) is 0 Å². The lowest BCUT2D eigenvalue weighted by molar-refractivity contribution is -0.132. The molecular weight excluding hydrogens is 226 g/mol. The molecule has 1 aliphatic carbocycles. The van der Waals surface area contributed by atoms with Crippen molar-refractivity contribution in [1.82, 2.24) is 4.90 Å². The molecular formula is C15H19NO2. The lowest BCUT2D eigenvalue weighted by atomic mass is 9.64. The van der Waals surface area contributed by atoms with Crippen LogP contribution in [0, 0.1) is 5.92 Å². The van der Waals surface area contributed by atoms with E-state index >= 15 is 0 Å². The molecule has 0 spiro atoms. The van der Waals surface area contributed by atoms with Gasteiger partial charge in [-0.15, -0.1) is 0 Å². The molecule has 1 aromatic carbocycles. The number of rotatable bonds is 0. The fourth-order valence-electron chi connectivity index (χ4n) is 3.78. The summed E-state index contributed by atoms with van der Waals surface area (Å²) in [6, 6.07) is 5.69. The molecule has 1 amide bonds. The van der Waals surface area contributed by atoms with Crippen molar-refractivity contribution in [3.8, 4) is 5.75 Å². The van der Waals surface area contributed by atoms with Crippen LogP contribution >= 0.6 is 0 Å². The Hall–Kier alpha value is -1.51. The van der Waals surface area contributed by atoms with E-state index in [1.54, 1.807) is 13.0 Å². The maximum atomic E-state index is 11.6. The number of nitrogens with zero attached hydrogens (tertiary/aromatic N) is 1. The number of likely N-dealkylation sites (tertiary alicyclic amines) is 1. The first-order valence-corrected chi connectivity index (χ1v) is 6.56. The minimum absolute atomic E-state index is 0.0515. The molecule has 3 nitrogen and oxygen atoms in total. The van der Waals surface area contributed by atoms with E-state index in [2.05, 4.69) is 6.92 Å². The number of hydrogen-bond acceptors (Lipinski definition) is 2. The normalized spacial score (nSPS) is 29.9. The first-order chi connectivity index (χ1) is 8.48. The molecule has 1 saturated heterocycles. The van der Waals surface area contributed by atoms with E-state index in [0.29, 0.717) is 11.7 Å². The predicted molar refractivity (Wildman–Crippen MR) is 69.5 cm³/mol. The number of carbonyl (C=O) groups excluding carboxylic acids is 1. The van der Waals surface area contributed by atoms with Crippen molar-refractivity contribution in [1.29, 1.82) is 0 Å². The monoisotopic (exact) mass is 245 g/mol. The van der Waals surface area contributed by atoms with Crippen molar-refractivity contribution < 1.29 is 9.90 Å². The highest BCUT2D eigenvalue weighted by molar-refractivity contribution is 5.73. The second kappa shape index (κ2) is 3.74. The summed E-state index contributed by atoms with van der Waals surface area (Å²) in [7, 11) is 0. The summed E-state index contributed by atoms with van der Waals surface area (Å²) in [6.07, 6.45) is 2.12. The fourth-order valence-corrected chi connectivity index (χ4v) is 3.78. The minimum atomic E-state index is 0.0515. The van der Waals surface area contributed by atoms with Crippen LogP contribution in [0.5, 0.6) is 5.75 Å². The Labute approximate surface area is 107 Å². The zero-order valence-corrected chi connectivity index (χ0v) is 10.9. The molecule has 1 aromatic rings. The second-order valence-electron chi connectivity index (χ2n) is 6.08. The van der Waals surface area contributed by atoms with Gasteiger partial charge in [0.25, 0.3) is 0 Å². The van der Waals surface area contributed by atoms with Gasteiger partial charge in [0, 0.05) is 25.4 Å². The zero-order chi connectivity index (χ0) is 12.9. The number of amides is 1. The van der Waals surface area contributed by atoms with E-state index < -0.39 is 0 Å². The summed E-state index contributed by atoms with van der Waals surface area (Å²) >= 11 is 0. The molecule has 2 aliphatic rings. The zero-order valence-electron chi connectivity index (χ0n) is 10.9. The molecule has 3 heteroatoms. The maximum absolute atomic E-state index is 11.6. The number of phenols is 1. The number of phenolic OH excluding ortho intramolecular Hbond substituents is 1. The van der Waals surface area contributed by atoms with Crippen LogP contribution < -0.4 is 0 Å². The Kier molecular flexibility index (Phi) is 2.40. The van der Waals surface area contributed by atoms with Crippen LogP contribution in [0.15, 0.2) is 18.2 Å². The molecule has 0 aromatic heterocycles. The van der Waals surface area contributed by atoms with Gasteiger partial charge in [0.15, 0.2) is 0 Å². The lowest BCUT2D eigenvalue weighted by Gasteiger charge is -2.48. The molecule has 1 fully saturated rings. The highest BCUT2D eigenvalue weighted by atomic mass is 16.3. The topological polar surface area (TPSA) is 40.5 Å². The molecule has 3 rings (SSSR count). The number of hydrogen-bond donors (Lipinski definition) is 1. The molecule has 0 unspecified atom stereocenters. The molecule has 1 N–H and O–H groups in total. The maximum Gasteiger partial charge on any atom is 0.219 e. The van der Waals surface area contributed by atoms with Crippen LogP contribution in [0.3, 0.4) is 0 Å². The molecule has 0 saturated carbocycles. The smallest absolute Gasteiger partial charge is 0.219 e. The Morgan fingerprint density at radius 1 is 1.50 bits per heavy atom. The van der Waals surface area contributed by atoms with Crippen molar-refractivity contribution >= 4 is 5.91 Å². The average Bonchev–Trinajstić information content (AvgIpc) is 2.26. The van der Waals surface area contributed by atoms with E-state index in [1.165, 1.54) is 11.1 Å². The van der Waals surface area contributed by atoms with E-state index in [0.717, 1.165) is 25.9 Å². The quantitative estimate of drug-likeness (QED) is 0.760. The van der Waals surface area contributed by atoms with E-state index in [9.17, 15) is 9.90 Å². The number of fused-ring (bicyclic) bond motifs is 4. The molecule has 96 valence electrons. The van der Waals surface area contributed by atoms with Crippen molar-refractivity contribution in [3.63, 3.8) is 0 Å². The van der Waals surface area contributed by atoms with Gasteiger partial charge in [-0.2, -0.15) is 0 Å². The van der Waals surface area contributed by atoms with Crippen LogP contribution in [0.2, 0.25) is 0 Å². The third-order valence-corrected chi connectivity index (χ3v) is 4.45. The summed E-state index contributed by atoms with van der Waals surface area (Å²) in [5.41, 5.74) is 2.62. The molecule has 0 radical (unpaired) electrons. The van der Waals surface area contributed by atoms with Crippen LogP contribution in [-0.4, -0.2) is 29.0 Å². The van der Waals surface area contributed by atoms with Crippen LogP contribution in [0.4, 0.5) is 0 Å². The van der Waals surface area contributed by atoms with Crippen molar-refractivity contribution in [2.45, 2.75) is 32.1 Å². The van der Waals surface area contributed by atoms with Gasteiger partial charge in [-0.05, 0) is 42.0 Å². The molecule has 2 bridgehead atoms. The Balaban J connectivity index is 2.04. The fraction of sp³-hybridized carbons (Fsp3) is 0.533. The molecule has 2 atom stereocenters. The Bertz CT molecular complexity index is 511. The largest absolute Gasteiger partial charge is 0.508 e. The number of aromatic hydroxyl groups is 1. The van der Waals surface area contributed by atoms with E-state index in [-0.39, 0.29) is 11.3 Å². The summed E-state index contributed by atoms with van der Waals surface area (Å²) in [5.74, 6) is 1.05. The van der Waals surface area contributed by atoms with Gasteiger partial charge in [0.1, 0.15) is 5.75 Å². The standard InChI is InChI=1S/C15H19NO2/c1-10(17)16-8-11-5-12-6-13(18)3-4-14(12)15(2,7-11)9-16/h3-4,6,11,18H,5,7-9H2,1-2H3/t11-,15+/m1/s1. The summed E-state index contributed by atoms with van der Waals surface area (Å²) in [6.45, 7) is 5.56. The van der Waals surface area contributed by atoms with Gasteiger partial charge in [-0.3, -0.25) is 4.79 Å². The van der Waals surface area contributed by atoms with Gasteiger partial charge >= 0.3 is 0 Å². The molecule has 1 aliphatic heterocycles. The van der Waals surface area contributed by atoms with Gasteiger partial charge in [-0.1, -0.05) is 13.0 Å². The second-order valence-corrected chi connectivity index (χ2v) is 6.08. The van der Waals surface area contributed by atoms with Crippen LogP contribution in [0.1, 0.15) is 31.4 Å². The molecule has 18 heavy (non-hydrogen) atoms. The number of benzene rings is 1. The average molecular weight is 245 g/mol. The van der Waals surface area contributed by atoms with E-state index in [4.69, 9.17) is 0 Å². The third kappa shape index (κ3) is 1.69. The first kappa shape index (κ1) is 11.6. The summed E-state index contributed by atoms with van der Waals surface area (Å²) < 4.78 is 0. The Morgan fingerprint density at radius 3 is 3.00 bits per heavy atom. The van der Waals surface area contributed by atoms with Crippen molar-refractivity contribution in [2.75, 3.05) is 13.1 Å². The highest BCUT2D eigenvalue weighted by Crippen LogP contribution is 2.44.